The summed E-state index contributed by atoms with van der Waals surface area (Å²) in [6.45, 7) is -0.304. The van der Waals surface area contributed by atoms with Crippen molar-refractivity contribution in [3.05, 3.63) is 33.9 Å². The Balaban J connectivity index is 2.48. The van der Waals surface area contributed by atoms with Crippen LogP contribution in [0.25, 0.3) is 0 Å². The summed E-state index contributed by atoms with van der Waals surface area (Å²) in [7, 11) is 0. The van der Waals surface area contributed by atoms with Crippen LogP contribution in [0.1, 0.15) is 18.4 Å². The maximum atomic E-state index is 13.4. The molecule has 100 valence electrons. The van der Waals surface area contributed by atoms with E-state index in [0.717, 1.165) is 0 Å². The summed E-state index contributed by atoms with van der Waals surface area (Å²) in [6, 6.07) is 5.82. The maximum Gasteiger partial charge on any atom is 0.293 e. The van der Waals surface area contributed by atoms with E-state index >= 15 is 0 Å². The van der Waals surface area contributed by atoms with Crippen molar-refractivity contribution < 1.29 is 13.7 Å². The molecule has 2 rings (SSSR count). The Kier molecular flexibility index (Phi) is 3.34. The number of nitro groups is 1. The molecule has 0 aliphatic carbocycles. The minimum absolute atomic E-state index is 0.00521. The third-order valence-corrected chi connectivity index (χ3v) is 3.04. The van der Waals surface area contributed by atoms with Gasteiger partial charge in [-0.2, -0.15) is 5.26 Å². The molecule has 0 atom stereocenters. The van der Waals surface area contributed by atoms with Crippen LogP contribution in [0.4, 0.5) is 20.2 Å². The van der Waals surface area contributed by atoms with E-state index in [1.165, 1.54) is 23.1 Å². The van der Waals surface area contributed by atoms with Gasteiger partial charge in [-0.25, -0.2) is 8.78 Å². The number of hydrogen-bond acceptors (Lipinski definition) is 4. The van der Waals surface area contributed by atoms with E-state index in [-0.39, 0.29) is 36.3 Å². The van der Waals surface area contributed by atoms with E-state index in [4.69, 9.17) is 5.26 Å². The minimum atomic E-state index is -2.88. The first-order valence-electron chi connectivity index (χ1n) is 5.75. The molecule has 0 amide bonds. The Labute approximate surface area is 108 Å². The Morgan fingerprint density at radius 2 is 2.21 bits per heavy atom. The Morgan fingerprint density at radius 3 is 2.79 bits per heavy atom. The fraction of sp³-hybridized carbons (Fsp3) is 0.417. The smallest absolute Gasteiger partial charge is 0.293 e. The van der Waals surface area contributed by atoms with E-state index < -0.39 is 17.4 Å². The molecule has 0 bridgehead atoms. The molecule has 7 heteroatoms. The first kappa shape index (κ1) is 13.2. The number of nitro benzene ring substituents is 1. The molecule has 1 aliphatic heterocycles. The predicted molar refractivity (Wildman–Crippen MR) is 64.2 cm³/mol. The molecule has 19 heavy (non-hydrogen) atoms. The third-order valence-electron chi connectivity index (χ3n) is 3.04. The van der Waals surface area contributed by atoms with Gasteiger partial charge >= 0.3 is 0 Å². The molecule has 1 saturated heterocycles. The van der Waals surface area contributed by atoms with E-state index in [0.29, 0.717) is 0 Å². The number of para-hydroxylation sites is 1. The van der Waals surface area contributed by atoms with Crippen molar-refractivity contribution in [2.75, 3.05) is 18.0 Å². The van der Waals surface area contributed by atoms with E-state index in [2.05, 4.69) is 0 Å². The van der Waals surface area contributed by atoms with Gasteiger partial charge in [0.1, 0.15) is 11.8 Å². The highest BCUT2D eigenvalue weighted by molar-refractivity contribution is 5.71. The number of benzene rings is 1. The second-order valence-corrected chi connectivity index (χ2v) is 4.42. The molecule has 0 radical (unpaired) electrons. The van der Waals surface area contributed by atoms with E-state index in [1.54, 1.807) is 0 Å². The number of nitrogens with zero attached hydrogens (tertiary/aromatic N) is 3. The van der Waals surface area contributed by atoms with Crippen molar-refractivity contribution in [1.29, 1.82) is 5.26 Å². The fourth-order valence-electron chi connectivity index (χ4n) is 2.26. The second-order valence-electron chi connectivity index (χ2n) is 4.42. The largest absolute Gasteiger partial charge is 0.359 e. The van der Waals surface area contributed by atoms with Gasteiger partial charge in [-0.3, -0.25) is 10.1 Å². The van der Waals surface area contributed by atoms with Crippen LogP contribution in [0, 0.1) is 21.4 Å². The number of rotatable bonds is 2. The van der Waals surface area contributed by atoms with Gasteiger partial charge in [0.05, 0.1) is 17.0 Å². The number of hydrogen-bond donors (Lipinski definition) is 0. The summed E-state index contributed by atoms with van der Waals surface area (Å²) in [5.74, 6) is -2.88. The fourth-order valence-corrected chi connectivity index (χ4v) is 2.26. The van der Waals surface area contributed by atoms with Crippen molar-refractivity contribution in [3.8, 4) is 6.07 Å². The Hall–Kier alpha value is -2.23. The molecule has 0 saturated carbocycles. The van der Waals surface area contributed by atoms with Gasteiger partial charge in [-0.05, 0) is 12.5 Å². The zero-order chi connectivity index (χ0) is 14.0. The van der Waals surface area contributed by atoms with Crippen LogP contribution in [-0.2, 0) is 0 Å². The highest BCUT2D eigenvalue weighted by Gasteiger charge is 2.38. The molecule has 5 nitrogen and oxygen atoms in total. The monoisotopic (exact) mass is 267 g/mol. The molecule has 1 aromatic rings. The van der Waals surface area contributed by atoms with Crippen LogP contribution in [-0.4, -0.2) is 23.9 Å². The van der Waals surface area contributed by atoms with Crippen LogP contribution in [0.15, 0.2) is 18.2 Å². The lowest BCUT2D eigenvalue weighted by Gasteiger charge is -2.34. The van der Waals surface area contributed by atoms with E-state index in [9.17, 15) is 18.9 Å². The molecular formula is C12H11F2N3O2. The molecule has 1 heterocycles. The normalized spacial score (nSPS) is 17.8. The minimum Gasteiger partial charge on any atom is -0.359 e. The van der Waals surface area contributed by atoms with Gasteiger partial charge < -0.3 is 4.90 Å². The van der Waals surface area contributed by atoms with Crippen LogP contribution < -0.4 is 4.90 Å². The Morgan fingerprint density at radius 1 is 1.47 bits per heavy atom. The van der Waals surface area contributed by atoms with Gasteiger partial charge in [-0.1, -0.05) is 6.07 Å². The van der Waals surface area contributed by atoms with Crippen LogP contribution in [0.5, 0.6) is 0 Å². The van der Waals surface area contributed by atoms with Crippen LogP contribution >= 0.6 is 0 Å². The third kappa shape index (κ3) is 2.62. The number of alkyl halides is 2. The van der Waals surface area contributed by atoms with Gasteiger partial charge in [0.15, 0.2) is 0 Å². The summed E-state index contributed by atoms with van der Waals surface area (Å²) in [4.78, 5) is 11.6. The molecule has 1 aromatic carbocycles. The number of nitriles is 1. The molecule has 0 unspecified atom stereocenters. The summed E-state index contributed by atoms with van der Waals surface area (Å²) in [5.41, 5.74) is -0.266. The van der Waals surface area contributed by atoms with Crippen molar-refractivity contribution in [2.24, 2.45) is 0 Å². The highest BCUT2D eigenvalue weighted by atomic mass is 19.3. The zero-order valence-corrected chi connectivity index (χ0v) is 9.97. The van der Waals surface area contributed by atoms with Gasteiger partial charge in [0, 0.05) is 19.0 Å². The van der Waals surface area contributed by atoms with Crippen molar-refractivity contribution in [3.63, 3.8) is 0 Å². The van der Waals surface area contributed by atoms with Crippen molar-refractivity contribution >= 4 is 11.4 Å². The SMILES string of the molecule is N#Cc1cccc([N+](=O)[O-])c1N1CCCC(F)(F)C1. The topological polar surface area (TPSA) is 70.2 Å². The summed E-state index contributed by atoms with van der Waals surface area (Å²) in [5, 5.41) is 20.0. The maximum absolute atomic E-state index is 13.4. The number of piperidine rings is 1. The van der Waals surface area contributed by atoms with Crippen molar-refractivity contribution in [1.82, 2.24) is 0 Å². The highest BCUT2D eigenvalue weighted by Crippen LogP contribution is 2.36. The van der Waals surface area contributed by atoms with Crippen molar-refractivity contribution in [2.45, 2.75) is 18.8 Å². The summed E-state index contributed by atoms with van der Waals surface area (Å²) < 4.78 is 26.8. The lowest BCUT2D eigenvalue weighted by molar-refractivity contribution is -0.384. The quantitative estimate of drug-likeness (QED) is 0.610. The molecule has 0 N–H and O–H groups in total. The van der Waals surface area contributed by atoms with Crippen LogP contribution in [0.2, 0.25) is 0 Å². The summed E-state index contributed by atoms with van der Waals surface area (Å²) >= 11 is 0. The lowest BCUT2D eigenvalue weighted by atomic mass is 10.0. The van der Waals surface area contributed by atoms with E-state index in [1.807, 2.05) is 6.07 Å². The number of halogens is 2. The summed E-state index contributed by atoms with van der Waals surface area (Å²) in [6.07, 6.45) is 0.00986. The van der Waals surface area contributed by atoms with Gasteiger partial charge in [0.25, 0.3) is 11.6 Å². The molecule has 0 aromatic heterocycles. The molecule has 1 fully saturated rings. The zero-order valence-electron chi connectivity index (χ0n) is 9.97. The predicted octanol–water partition coefficient (Wildman–Crippen LogP) is 2.70. The average molecular weight is 267 g/mol. The Bertz CT molecular complexity index is 554. The standard InChI is InChI=1S/C12H11F2N3O2/c13-12(14)5-2-6-16(8-12)11-9(7-15)3-1-4-10(11)17(18)19/h1,3-4H,2,5-6,8H2. The molecular weight excluding hydrogens is 256 g/mol. The van der Waals surface area contributed by atoms with Gasteiger partial charge in [-0.15, -0.1) is 0 Å². The molecule has 0 spiro atoms. The second kappa shape index (κ2) is 4.80. The first-order valence-corrected chi connectivity index (χ1v) is 5.75. The average Bonchev–Trinajstić information content (AvgIpc) is 2.36. The van der Waals surface area contributed by atoms with Gasteiger partial charge in [0.2, 0.25) is 0 Å². The number of anilines is 1. The first-order chi connectivity index (χ1) is 8.94. The molecule has 1 aliphatic rings. The lowest BCUT2D eigenvalue weighted by Crippen LogP contribution is -2.43. The van der Waals surface area contributed by atoms with Crippen LogP contribution in [0.3, 0.4) is 0 Å².